The number of benzene rings is 2. The molecule has 0 fully saturated rings. The van der Waals surface area contributed by atoms with Crippen molar-refractivity contribution in [2.45, 2.75) is 19.8 Å². The second-order valence-corrected chi connectivity index (χ2v) is 4.97. The van der Waals surface area contributed by atoms with Gasteiger partial charge in [0.05, 0.1) is 5.56 Å². The summed E-state index contributed by atoms with van der Waals surface area (Å²) >= 11 is 0. The Labute approximate surface area is 123 Å². The number of hydrogen-bond acceptors (Lipinski definition) is 3. The van der Waals surface area contributed by atoms with E-state index in [-0.39, 0.29) is 11.3 Å². The van der Waals surface area contributed by atoms with Gasteiger partial charge in [0.2, 0.25) is 0 Å². The predicted molar refractivity (Wildman–Crippen MR) is 78.9 cm³/mol. The van der Waals surface area contributed by atoms with Crippen molar-refractivity contribution in [3.8, 4) is 5.75 Å². The van der Waals surface area contributed by atoms with E-state index in [1.54, 1.807) is 24.3 Å². The highest BCUT2D eigenvalue weighted by atomic mass is 16.5. The Morgan fingerprint density at radius 3 is 2.19 bits per heavy atom. The molecule has 0 bridgehead atoms. The molecule has 4 nitrogen and oxygen atoms in total. The fraction of sp³-hybridized carbons (Fsp3) is 0.176. The standard InChI is InChI=1S/C17H16O4/c1-11(2)12-7-9-13(10-8-12)17(20)21-15-6-4-3-5-14(15)16(18)19/h3-11H,1-2H3,(H,18,19). The molecule has 0 saturated carbocycles. The quantitative estimate of drug-likeness (QED) is 0.686. The van der Waals surface area contributed by atoms with Crippen molar-refractivity contribution in [2.75, 3.05) is 0 Å². The van der Waals surface area contributed by atoms with Crippen molar-refractivity contribution in [1.29, 1.82) is 0 Å². The first-order valence-electron chi connectivity index (χ1n) is 6.63. The smallest absolute Gasteiger partial charge is 0.343 e. The minimum atomic E-state index is -1.13. The van der Waals surface area contributed by atoms with E-state index in [0.29, 0.717) is 11.5 Å². The van der Waals surface area contributed by atoms with Crippen LogP contribution in [-0.4, -0.2) is 17.0 Å². The third-order valence-electron chi connectivity index (χ3n) is 3.13. The fourth-order valence-corrected chi connectivity index (χ4v) is 1.90. The largest absolute Gasteiger partial charge is 0.478 e. The van der Waals surface area contributed by atoms with Crippen molar-refractivity contribution in [3.63, 3.8) is 0 Å². The molecule has 2 aromatic carbocycles. The molecule has 0 atom stereocenters. The monoisotopic (exact) mass is 284 g/mol. The Balaban J connectivity index is 2.20. The molecule has 0 heterocycles. The van der Waals surface area contributed by atoms with E-state index in [9.17, 15) is 9.59 Å². The number of carbonyl (C=O) groups excluding carboxylic acids is 1. The number of carboxylic acid groups (broad SMARTS) is 1. The van der Waals surface area contributed by atoms with E-state index in [2.05, 4.69) is 13.8 Å². The minimum absolute atomic E-state index is 0.0374. The first kappa shape index (κ1) is 14.8. The van der Waals surface area contributed by atoms with Gasteiger partial charge in [-0.05, 0) is 35.7 Å². The van der Waals surface area contributed by atoms with Crippen LogP contribution in [0.1, 0.15) is 46.0 Å². The van der Waals surface area contributed by atoms with E-state index in [1.807, 2.05) is 12.1 Å². The lowest BCUT2D eigenvalue weighted by molar-refractivity contribution is 0.0681. The zero-order valence-corrected chi connectivity index (χ0v) is 11.9. The van der Waals surface area contributed by atoms with Crippen molar-refractivity contribution in [1.82, 2.24) is 0 Å². The third-order valence-corrected chi connectivity index (χ3v) is 3.13. The van der Waals surface area contributed by atoms with Crippen LogP contribution in [0.15, 0.2) is 48.5 Å². The summed E-state index contributed by atoms with van der Waals surface area (Å²) < 4.78 is 5.17. The number of aromatic carboxylic acids is 1. The van der Waals surface area contributed by atoms with Crippen LogP contribution in [0.5, 0.6) is 5.75 Å². The highest BCUT2D eigenvalue weighted by Gasteiger charge is 2.15. The highest BCUT2D eigenvalue weighted by molar-refractivity contribution is 5.95. The summed E-state index contributed by atoms with van der Waals surface area (Å²) in [6.45, 7) is 4.13. The zero-order chi connectivity index (χ0) is 15.4. The van der Waals surface area contributed by atoms with Gasteiger partial charge >= 0.3 is 11.9 Å². The van der Waals surface area contributed by atoms with E-state index < -0.39 is 11.9 Å². The molecule has 21 heavy (non-hydrogen) atoms. The Morgan fingerprint density at radius 2 is 1.62 bits per heavy atom. The first-order valence-corrected chi connectivity index (χ1v) is 6.63. The summed E-state index contributed by atoms with van der Waals surface area (Å²) in [4.78, 5) is 23.1. The second kappa shape index (κ2) is 6.22. The molecular formula is C17H16O4. The van der Waals surface area contributed by atoms with Gasteiger partial charge in [-0.25, -0.2) is 9.59 Å². The van der Waals surface area contributed by atoms with Crippen molar-refractivity contribution in [3.05, 3.63) is 65.2 Å². The summed E-state index contributed by atoms with van der Waals surface area (Å²) in [6.07, 6.45) is 0. The molecule has 0 aromatic heterocycles. The predicted octanol–water partition coefficient (Wildman–Crippen LogP) is 3.73. The second-order valence-electron chi connectivity index (χ2n) is 4.97. The number of carboxylic acids is 1. The van der Waals surface area contributed by atoms with Crippen LogP contribution in [0, 0.1) is 0 Å². The van der Waals surface area contributed by atoms with Crippen molar-refractivity contribution in [2.24, 2.45) is 0 Å². The molecule has 0 aliphatic heterocycles. The molecule has 0 spiro atoms. The molecule has 108 valence electrons. The lowest BCUT2D eigenvalue weighted by Gasteiger charge is -2.09. The van der Waals surface area contributed by atoms with Crippen LogP contribution in [0.4, 0.5) is 0 Å². The molecule has 1 N–H and O–H groups in total. The summed E-state index contributed by atoms with van der Waals surface area (Å²) in [5.41, 5.74) is 1.47. The lowest BCUT2D eigenvalue weighted by atomic mass is 10.0. The van der Waals surface area contributed by atoms with Gasteiger partial charge in [-0.3, -0.25) is 0 Å². The molecule has 0 amide bonds. The van der Waals surface area contributed by atoms with Crippen molar-refractivity contribution >= 4 is 11.9 Å². The van der Waals surface area contributed by atoms with Gasteiger partial charge in [0.1, 0.15) is 11.3 Å². The Kier molecular flexibility index (Phi) is 4.38. The lowest BCUT2D eigenvalue weighted by Crippen LogP contribution is -2.11. The van der Waals surface area contributed by atoms with Gasteiger partial charge in [-0.1, -0.05) is 38.1 Å². The highest BCUT2D eigenvalue weighted by Crippen LogP contribution is 2.20. The topological polar surface area (TPSA) is 63.6 Å². The van der Waals surface area contributed by atoms with Gasteiger partial charge in [-0.15, -0.1) is 0 Å². The van der Waals surface area contributed by atoms with Gasteiger partial charge in [-0.2, -0.15) is 0 Å². The number of carbonyl (C=O) groups is 2. The zero-order valence-electron chi connectivity index (χ0n) is 11.9. The SMILES string of the molecule is CC(C)c1ccc(C(=O)Oc2ccccc2C(=O)O)cc1. The average Bonchev–Trinajstić information content (AvgIpc) is 2.47. The number of rotatable bonds is 4. The van der Waals surface area contributed by atoms with Gasteiger partial charge < -0.3 is 9.84 Å². The molecule has 4 heteroatoms. The molecule has 0 radical (unpaired) electrons. The van der Waals surface area contributed by atoms with E-state index in [1.165, 1.54) is 12.1 Å². The molecular weight excluding hydrogens is 268 g/mol. The maximum Gasteiger partial charge on any atom is 0.343 e. The van der Waals surface area contributed by atoms with Gasteiger partial charge in [0.25, 0.3) is 0 Å². The fourth-order valence-electron chi connectivity index (χ4n) is 1.90. The molecule has 0 aliphatic carbocycles. The van der Waals surface area contributed by atoms with Gasteiger partial charge in [0, 0.05) is 0 Å². The minimum Gasteiger partial charge on any atom is -0.478 e. The normalized spacial score (nSPS) is 10.4. The molecule has 2 rings (SSSR count). The van der Waals surface area contributed by atoms with Crippen LogP contribution in [-0.2, 0) is 0 Å². The number of esters is 1. The molecule has 0 aliphatic rings. The molecule has 0 saturated heterocycles. The first-order chi connectivity index (χ1) is 9.99. The summed E-state index contributed by atoms with van der Waals surface area (Å²) in [7, 11) is 0. The molecule has 0 unspecified atom stereocenters. The summed E-state index contributed by atoms with van der Waals surface area (Å²) in [5, 5.41) is 9.06. The number of ether oxygens (including phenoxy) is 1. The van der Waals surface area contributed by atoms with E-state index >= 15 is 0 Å². The Hall–Kier alpha value is -2.62. The Morgan fingerprint density at radius 1 is 1.00 bits per heavy atom. The number of para-hydroxylation sites is 1. The average molecular weight is 284 g/mol. The van der Waals surface area contributed by atoms with Crippen LogP contribution in [0.2, 0.25) is 0 Å². The number of hydrogen-bond donors (Lipinski definition) is 1. The summed E-state index contributed by atoms with van der Waals surface area (Å²) in [5.74, 6) is -1.28. The maximum absolute atomic E-state index is 12.1. The van der Waals surface area contributed by atoms with Crippen LogP contribution in [0.3, 0.4) is 0 Å². The van der Waals surface area contributed by atoms with Crippen LogP contribution in [0.25, 0.3) is 0 Å². The van der Waals surface area contributed by atoms with Crippen LogP contribution >= 0.6 is 0 Å². The van der Waals surface area contributed by atoms with E-state index in [0.717, 1.165) is 5.56 Å². The van der Waals surface area contributed by atoms with E-state index in [4.69, 9.17) is 9.84 Å². The maximum atomic E-state index is 12.1. The molecule has 2 aromatic rings. The summed E-state index contributed by atoms with van der Waals surface area (Å²) in [6, 6.07) is 13.2. The van der Waals surface area contributed by atoms with Gasteiger partial charge in [0.15, 0.2) is 0 Å². The Bertz CT molecular complexity index is 657. The van der Waals surface area contributed by atoms with Crippen LogP contribution < -0.4 is 4.74 Å². The van der Waals surface area contributed by atoms with Crippen molar-refractivity contribution < 1.29 is 19.4 Å². The third kappa shape index (κ3) is 3.48.